The zero-order valence-corrected chi connectivity index (χ0v) is 19.7. The van der Waals surface area contributed by atoms with E-state index in [0.717, 1.165) is 42.4 Å². The van der Waals surface area contributed by atoms with Crippen LogP contribution in [0.15, 0.2) is 84.9 Å². The molecule has 0 aliphatic rings. The first-order chi connectivity index (χ1) is 15.6. The zero-order chi connectivity index (χ0) is 22.8. The van der Waals surface area contributed by atoms with Crippen molar-refractivity contribution in [1.82, 2.24) is 0 Å². The van der Waals surface area contributed by atoms with Gasteiger partial charge in [-0.2, -0.15) is 0 Å². The van der Waals surface area contributed by atoms with Crippen LogP contribution in [0.1, 0.15) is 49.3 Å². The van der Waals surface area contributed by atoms with Crippen LogP contribution in [-0.4, -0.2) is 13.3 Å². The van der Waals surface area contributed by atoms with Gasteiger partial charge in [0, 0.05) is 5.56 Å². The summed E-state index contributed by atoms with van der Waals surface area (Å²) in [5, 5.41) is 0. The van der Waals surface area contributed by atoms with Gasteiger partial charge in [-0.3, -0.25) is 5.50 Å². The highest BCUT2D eigenvalue weighted by molar-refractivity contribution is 7.44. The molecule has 0 fully saturated rings. The minimum Gasteiger partial charge on any atom is -0.496 e. The van der Waals surface area contributed by atoms with E-state index in [1.807, 2.05) is 84.9 Å². The molecule has 0 aromatic heterocycles. The second kappa shape index (κ2) is 12.1. The lowest BCUT2D eigenvalue weighted by Crippen LogP contribution is -2.34. The van der Waals surface area contributed by atoms with Gasteiger partial charge in [0.1, 0.15) is 12.0 Å². The van der Waals surface area contributed by atoms with Gasteiger partial charge in [0.2, 0.25) is 0 Å². The molecular formula is C26H33N2O3P. The number of para-hydroxylation sites is 1. The molecule has 3 aromatic rings. The molecule has 0 aliphatic heterocycles. The minimum absolute atomic E-state index is 0.473. The summed E-state index contributed by atoms with van der Waals surface area (Å²) in [5.74, 6) is 0.704. The Kier molecular flexibility index (Phi) is 9.22. The Hall–Kier alpha value is -2.27. The second-order valence-corrected chi connectivity index (χ2v) is 8.59. The number of unbranched alkanes of at least 4 members (excludes halogenated alkanes) is 2. The standard InChI is InChI=1S/C26H33N2O3P/c1-3-4-7-20-25(27)30-32(28)31-26(21-14-8-5-9-15-21,22-16-10-6-11-17-22)23-18-12-13-19-24(23)29-2/h5-6,8-19,25H,3-4,7,20,27-28H2,1-2H3. The van der Waals surface area contributed by atoms with E-state index in [0.29, 0.717) is 5.75 Å². The summed E-state index contributed by atoms with van der Waals surface area (Å²) in [6.07, 6.45) is 3.50. The topological polar surface area (TPSA) is 79.7 Å². The van der Waals surface area contributed by atoms with Crippen LogP contribution in [0, 0.1) is 0 Å². The maximum Gasteiger partial charge on any atom is 0.256 e. The van der Waals surface area contributed by atoms with Crippen LogP contribution in [-0.2, 0) is 14.6 Å². The molecule has 0 saturated heterocycles. The minimum atomic E-state index is -1.80. The third-order valence-corrected chi connectivity index (χ3v) is 6.34. The van der Waals surface area contributed by atoms with Gasteiger partial charge in [-0.05, 0) is 30.0 Å². The smallest absolute Gasteiger partial charge is 0.256 e. The van der Waals surface area contributed by atoms with Crippen molar-refractivity contribution in [2.45, 2.75) is 44.4 Å². The van der Waals surface area contributed by atoms with Crippen LogP contribution in [0.4, 0.5) is 0 Å². The van der Waals surface area contributed by atoms with E-state index in [9.17, 15) is 0 Å². The molecular weight excluding hydrogens is 419 g/mol. The Morgan fingerprint density at radius 3 is 1.97 bits per heavy atom. The zero-order valence-electron chi connectivity index (χ0n) is 18.8. The summed E-state index contributed by atoms with van der Waals surface area (Å²) in [5.41, 5.74) is 14.4. The van der Waals surface area contributed by atoms with Crippen molar-refractivity contribution in [3.63, 3.8) is 0 Å². The first-order valence-electron chi connectivity index (χ1n) is 11.0. The Balaban J connectivity index is 2.08. The van der Waals surface area contributed by atoms with Crippen LogP contribution < -0.4 is 16.0 Å². The van der Waals surface area contributed by atoms with Crippen LogP contribution in [0.2, 0.25) is 0 Å². The number of nitrogens with two attached hydrogens (primary N) is 2. The number of hydrogen-bond acceptors (Lipinski definition) is 5. The molecule has 5 nitrogen and oxygen atoms in total. The highest BCUT2D eigenvalue weighted by Crippen LogP contribution is 2.51. The summed E-state index contributed by atoms with van der Waals surface area (Å²) < 4.78 is 18.4. The molecule has 6 heteroatoms. The highest BCUT2D eigenvalue weighted by Gasteiger charge is 2.42. The van der Waals surface area contributed by atoms with Gasteiger partial charge in [0.15, 0.2) is 5.60 Å². The number of rotatable bonds is 12. The molecule has 0 aliphatic carbocycles. The van der Waals surface area contributed by atoms with Crippen molar-refractivity contribution in [1.29, 1.82) is 0 Å². The maximum atomic E-state index is 6.68. The number of hydrogen-bond donors (Lipinski definition) is 2. The van der Waals surface area contributed by atoms with Gasteiger partial charge in [-0.1, -0.05) is 98.6 Å². The SMILES string of the molecule is CCCCCC(N)OP(N)OC(c1ccccc1)(c1ccccc1)c1ccccc1OC. The van der Waals surface area contributed by atoms with Crippen molar-refractivity contribution in [2.75, 3.05) is 7.11 Å². The molecule has 0 bridgehead atoms. The van der Waals surface area contributed by atoms with Gasteiger partial charge >= 0.3 is 0 Å². The Morgan fingerprint density at radius 2 is 1.41 bits per heavy atom. The number of benzene rings is 3. The van der Waals surface area contributed by atoms with Gasteiger partial charge in [0.05, 0.1) is 7.11 Å². The molecule has 3 rings (SSSR count). The molecule has 0 spiro atoms. The van der Waals surface area contributed by atoms with Crippen LogP contribution >= 0.6 is 8.53 Å². The fraction of sp³-hybridized carbons (Fsp3) is 0.308. The van der Waals surface area contributed by atoms with Gasteiger partial charge in [-0.15, -0.1) is 0 Å². The van der Waals surface area contributed by atoms with Crippen LogP contribution in [0.25, 0.3) is 0 Å². The van der Waals surface area contributed by atoms with Crippen LogP contribution in [0.3, 0.4) is 0 Å². The Labute approximate surface area is 192 Å². The van der Waals surface area contributed by atoms with Crippen molar-refractivity contribution >= 4 is 8.53 Å². The molecule has 32 heavy (non-hydrogen) atoms. The van der Waals surface area contributed by atoms with Crippen molar-refractivity contribution in [2.24, 2.45) is 11.2 Å². The number of ether oxygens (including phenoxy) is 1. The van der Waals surface area contributed by atoms with E-state index in [1.54, 1.807) is 7.11 Å². The van der Waals surface area contributed by atoms with Crippen LogP contribution in [0.5, 0.6) is 5.75 Å². The summed E-state index contributed by atoms with van der Waals surface area (Å²) in [6, 6.07) is 27.9. The monoisotopic (exact) mass is 452 g/mol. The summed E-state index contributed by atoms with van der Waals surface area (Å²) in [6.45, 7) is 2.16. The third kappa shape index (κ3) is 5.74. The lowest BCUT2D eigenvalue weighted by molar-refractivity contribution is 0.111. The van der Waals surface area contributed by atoms with Gasteiger partial charge < -0.3 is 19.5 Å². The molecule has 170 valence electrons. The molecule has 0 saturated carbocycles. The predicted octanol–water partition coefficient (Wildman–Crippen LogP) is 6.07. The predicted molar refractivity (Wildman–Crippen MR) is 131 cm³/mol. The molecule has 0 heterocycles. The van der Waals surface area contributed by atoms with Crippen molar-refractivity contribution in [3.8, 4) is 5.75 Å². The molecule has 2 unspecified atom stereocenters. The molecule has 0 amide bonds. The van der Waals surface area contributed by atoms with Gasteiger partial charge in [-0.25, -0.2) is 0 Å². The van der Waals surface area contributed by atoms with E-state index in [4.69, 9.17) is 25.0 Å². The van der Waals surface area contributed by atoms with Gasteiger partial charge in [0.25, 0.3) is 8.53 Å². The first kappa shape index (κ1) is 24.4. The number of methoxy groups -OCH3 is 1. The lowest BCUT2D eigenvalue weighted by Gasteiger charge is -2.38. The molecule has 4 N–H and O–H groups in total. The highest BCUT2D eigenvalue weighted by atomic mass is 31.2. The summed E-state index contributed by atoms with van der Waals surface area (Å²) in [4.78, 5) is 0. The largest absolute Gasteiger partial charge is 0.496 e. The lowest BCUT2D eigenvalue weighted by atomic mass is 9.80. The second-order valence-electron chi connectivity index (χ2n) is 7.63. The summed E-state index contributed by atoms with van der Waals surface area (Å²) in [7, 11) is -0.140. The fourth-order valence-electron chi connectivity index (χ4n) is 3.85. The van der Waals surface area contributed by atoms with E-state index >= 15 is 0 Å². The van der Waals surface area contributed by atoms with E-state index in [-0.39, 0.29) is 0 Å². The summed E-state index contributed by atoms with van der Waals surface area (Å²) >= 11 is 0. The molecule has 0 radical (unpaired) electrons. The Morgan fingerprint density at radius 1 is 0.844 bits per heavy atom. The Bertz CT molecular complexity index is 901. The third-order valence-electron chi connectivity index (χ3n) is 5.41. The maximum absolute atomic E-state index is 6.68. The molecule has 3 aromatic carbocycles. The normalized spacial score (nSPS) is 13.5. The first-order valence-corrected chi connectivity index (χ1v) is 12.3. The molecule has 2 atom stereocenters. The van der Waals surface area contributed by atoms with E-state index in [2.05, 4.69) is 6.92 Å². The fourth-order valence-corrected chi connectivity index (χ4v) is 4.85. The van der Waals surface area contributed by atoms with E-state index < -0.39 is 20.4 Å². The van der Waals surface area contributed by atoms with Crippen molar-refractivity contribution < 1.29 is 13.8 Å². The average molecular weight is 453 g/mol. The quantitative estimate of drug-likeness (QED) is 0.151. The van der Waals surface area contributed by atoms with Crippen molar-refractivity contribution in [3.05, 3.63) is 102 Å². The average Bonchev–Trinajstić information content (AvgIpc) is 2.84. The van der Waals surface area contributed by atoms with E-state index in [1.165, 1.54) is 0 Å².